The lowest BCUT2D eigenvalue weighted by Gasteiger charge is -2.21. The van der Waals surface area contributed by atoms with Crippen LogP contribution in [0.2, 0.25) is 0 Å². The first-order valence-electron chi connectivity index (χ1n) is 12.4. The van der Waals surface area contributed by atoms with E-state index in [1.165, 1.54) is 11.1 Å². The molecule has 2 amide bonds. The number of carboxylic acids is 1. The monoisotopic (exact) mass is 478 g/mol. The van der Waals surface area contributed by atoms with E-state index < -0.39 is 17.5 Å². The number of rotatable bonds is 11. The van der Waals surface area contributed by atoms with Gasteiger partial charge in [0.1, 0.15) is 6.61 Å². The highest BCUT2D eigenvalue weighted by atomic mass is 16.5. The fourth-order valence-corrected chi connectivity index (χ4v) is 5.10. The van der Waals surface area contributed by atoms with Gasteiger partial charge in [-0.2, -0.15) is 0 Å². The summed E-state index contributed by atoms with van der Waals surface area (Å²) in [5.74, 6) is -0.763. The Kier molecular flexibility index (Phi) is 7.43. The molecule has 2 aromatic rings. The molecule has 0 heterocycles. The van der Waals surface area contributed by atoms with E-state index in [2.05, 4.69) is 34.9 Å². The number of ether oxygens (including phenoxy) is 1. The fourth-order valence-electron chi connectivity index (χ4n) is 5.10. The summed E-state index contributed by atoms with van der Waals surface area (Å²) in [5, 5.41) is 14.8. The predicted molar refractivity (Wildman–Crippen MR) is 133 cm³/mol. The van der Waals surface area contributed by atoms with Crippen LogP contribution in [0.5, 0.6) is 0 Å². The van der Waals surface area contributed by atoms with E-state index in [1.807, 2.05) is 38.1 Å². The maximum atomic E-state index is 12.8. The number of amides is 2. The highest BCUT2D eigenvalue weighted by Gasteiger charge is 2.50. The molecule has 0 aliphatic heterocycles. The van der Waals surface area contributed by atoms with Crippen LogP contribution in [0.1, 0.15) is 56.6 Å². The molecule has 7 nitrogen and oxygen atoms in total. The molecule has 0 aromatic heterocycles. The van der Waals surface area contributed by atoms with E-state index >= 15 is 0 Å². The third kappa shape index (κ3) is 5.84. The van der Waals surface area contributed by atoms with Crippen LogP contribution >= 0.6 is 0 Å². The maximum absolute atomic E-state index is 12.8. The molecule has 35 heavy (non-hydrogen) atoms. The summed E-state index contributed by atoms with van der Waals surface area (Å²) in [5.41, 5.74) is 4.01. The van der Waals surface area contributed by atoms with Crippen molar-refractivity contribution in [1.29, 1.82) is 0 Å². The lowest BCUT2D eigenvalue weighted by Crippen LogP contribution is -2.42. The number of alkyl carbamates (subject to hydrolysis) is 1. The van der Waals surface area contributed by atoms with Crippen LogP contribution in [0.15, 0.2) is 48.5 Å². The Morgan fingerprint density at radius 2 is 1.60 bits per heavy atom. The molecular weight excluding hydrogens is 444 g/mol. The van der Waals surface area contributed by atoms with Gasteiger partial charge in [0, 0.05) is 25.4 Å². The van der Waals surface area contributed by atoms with Crippen molar-refractivity contribution in [3.63, 3.8) is 0 Å². The highest BCUT2D eigenvalue weighted by Crippen LogP contribution is 2.46. The smallest absolute Gasteiger partial charge is 0.407 e. The van der Waals surface area contributed by atoms with E-state index in [4.69, 9.17) is 9.84 Å². The molecule has 1 saturated carbocycles. The second-order valence-electron chi connectivity index (χ2n) is 10.3. The SMILES string of the molecule is CC(C)CC(CNC(=O)C1(CNC(=O)OCC2c3ccccc3-c3ccccc32)CC1)CC(=O)O. The van der Waals surface area contributed by atoms with Crippen LogP contribution in [0.25, 0.3) is 11.1 Å². The van der Waals surface area contributed by atoms with Gasteiger partial charge in [-0.3, -0.25) is 9.59 Å². The van der Waals surface area contributed by atoms with Crippen molar-refractivity contribution in [1.82, 2.24) is 10.6 Å². The van der Waals surface area contributed by atoms with Gasteiger partial charge in [-0.15, -0.1) is 0 Å². The summed E-state index contributed by atoms with van der Waals surface area (Å²) in [6, 6.07) is 16.3. The fraction of sp³-hybridized carbons (Fsp3) is 0.464. The summed E-state index contributed by atoms with van der Waals surface area (Å²) in [7, 11) is 0. The number of benzene rings is 2. The Morgan fingerprint density at radius 1 is 1.00 bits per heavy atom. The van der Waals surface area contributed by atoms with Crippen molar-refractivity contribution in [3.8, 4) is 11.1 Å². The van der Waals surface area contributed by atoms with E-state index in [1.54, 1.807) is 0 Å². The van der Waals surface area contributed by atoms with Crippen LogP contribution in [0.4, 0.5) is 4.79 Å². The van der Waals surface area contributed by atoms with Gasteiger partial charge >= 0.3 is 12.1 Å². The first-order chi connectivity index (χ1) is 16.8. The number of carboxylic acid groups (broad SMARTS) is 1. The molecule has 1 atom stereocenters. The van der Waals surface area contributed by atoms with Crippen molar-refractivity contribution in [2.75, 3.05) is 19.7 Å². The van der Waals surface area contributed by atoms with Gasteiger partial charge in [0.2, 0.25) is 5.91 Å². The average molecular weight is 479 g/mol. The second-order valence-corrected chi connectivity index (χ2v) is 10.3. The second kappa shape index (κ2) is 10.5. The molecule has 1 unspecified atom stereocenters. The molecule has 0 radical (unpaired) electrons. The lowest BCUT2D eigenvalue weighted by atomic mass is 9.93. The van der Waals surface area contributed by atoms with E-state index in [0.717, 1.165) is 17.5 Å². The molecule has 2 aromatic carbocycles. The molecule has 4 rings (SSSR count). The van der Waals surface area contributed by atoms with Gasteiger partial charge in [-0.1, -0.05) is 62.4 Å². The van der Waals surface area contributed by atoms with Crippen molar-refractivity contribution in [3.05, 3.63) is 59.7 Å². The van der Waals surface area contributed by atoms with Gasteiger partial charge in [-0.05, 0) is 53.4 Å². The summed E-state index contributed by atoms with van der Waals surface area (Å²) in [6.07, 6.45) is 1.61. The van der Waals surface area contributed by atoms with Crippen molar-refractivity contribution in [2.45, 2.75) is 45.4 Å². The number of carbonyl (C=O) groups is 3. The van der Waals surface area contributed by atoms with Crippen LogP contribution in [0.3, 0.4) is 0 Å². The highest BCUT2D eigenvalue weighted by molar-refractivity contribution is 5.86. The molecule has 2 aliphatic carbocycles. The third-order valence-corrected chi connectivity index (χ3v) is 7.07. The van der Waals surface area contributed by atoms with Crippen molar-refractivity contribution in [2.24, 2.45) is 17.3 Å². The Morgan fingerprint density at radius 3 is 2.14 bits per heavy atom. The molecule has 0 spiro atoms. The van der Waals surface area contributed by atoms with E-state index in [0.29, 0.717) is 25.3 Å². The van der Waals surface area contributed by atoms with E-state index in [-0.39, 0.29) is 37.3 Å². The normalized spacial score (nSPS) is 16.2. The van der Waals surface area contributed by atoms with Crippen molar-refractivity contribution >= 4 is 18.0 Å². The summed E-state index contributed by atoms with van der Waals surface area (Å²) in [6.45, 7) is 4.85. The Labute approximate surface area is 206 Å². The first-order valence-corrected chi connectivity index (χ1v) is 12.4. The Balaban J connectivity index is 1.27. The predicted octanol–water partition coefficient (Wildman–Crippen LogP) is 4.56. The Hall–Kier alpha value is -3.35. The Bertz CT molecular complexity index is 1050. The minimum atomic E-state index is -0.858. The van der Waals surface area contributed by atoms with Gasteiger partial charge in [0.05, 0.1) is 5.41 Å². The van der Waals surface area contributed by atoms with Crippen molar-refractivity contribution < 1.29 is 24.2 Å². The van der Waals surface area contributed by atoms with Gasteiger partial charge in [0.25, 0.3) is 0 Å². The zero-order valence-electron chi connectivity index (χ0n) is 20.4. The molecule has 1 fully saturated rings. The minimum absolute atomic E-state index is 0.0153. The molecular formula is C28H34N2O5. The largest absolute Gasteiger partial charge is 0.481 e. The summed E-state index contributed by atoms with van der Waals surface area (Å²) in [4.78, 5) is 36.4. The van der Waals surface area contributed by atoms with Crippen LogP contribution in [-0.4, -0.2) is 42.8 Å². The van der Waals surface area contributed by atoms with E-state index in [9.17, 15) is 14.4 Å². The quantitative estimate of drug-likeness (QED) is 0.439. The average Bonchev–Trinajstić information content (AvgIpc) is 3.56. The lowest BCUT2D eigenvalue weighted by molar-refractivity contribution is -0.138. The number of fused-ring (bicyclic) bond motifs is 3. The molecule has 2 aliphatic rings. The number of hydrogen-bond donors (Lipinski definition) is 3. The summed E-state index contributed by atoms with van der Waals surface area (Å²) < 4.78 is 5.58. The molecule has 7 heteroatoms. The number of aliphatic carboxylic acids is 1. The van der Waals surface area contributed by atoms with Gasteiger partial charge < -0.3 is 20.5 Å². The van der Waals surface area contributed by atoms with Crippen LogP contribution in [-0.2, 0) is 14.3 Å². The molecule has 186 valence electrons. The maximum Gasteiger partial charge on any atom is 0.407 e. The standard InChI is InChI=1S/C28H34N2O5/c1-18(2)13-19(14-25(31)32)15-29-26(33)28(11-12-28)17-30-27(34)35-16-24-22-9-5-3-7-20(22)21-8-4-6-10-23(21)24/h3-10,18-19,24H,11-17H2,1-2H3,(H,29,33)(H,30,34)(H,31,32). The molecule has 0 bridgehead atoms. The van der Waals surface area contributed by atoms with Crippen LogP contribution in [0, 0.1) is 17.3 Å². The van der Waals surface area contributed by atoms with Gasteiger partial charge in [-0.25, -0.2) is 4.79 Å². The molecule has 0 saturated heterocycles. The number of nitrogens with one attached hydrogen (secondary N) is 2. The molecule has 3 N–H and O–H groups in total. The number of hydrogen-bond acceptors (Lipinski definition) is 4. The zero-order valence-corrected chi connectivity index (χ0v) is 20.4. The minimum Gasteiger partial charge on any atom is -0.481 e. The summed E-state index contributed by atoms with van der Waals surface area (Å²) >= 11 is 0. The first kappa shape index (κ1) is 24.8. The third-order valence-electron chi connectivity index (χ3n) is 7.07. The number of carbonyl (C=O) groups excluding carboxylic acids is 2. The van der Waals surface area contributed by atoms with Crippen LogP contribution < -0.4 is 10.6 Å². The van der Waals surface area contributed by atoms with Gasteiger partial charge in [0.15, 0.2) is 0 Å². The topological polar surface area (TPSA) is 105 Å². The zero-order chi connectivity index (χ0) is 25.0.